The standard InChI is InChI=1S/C24H13Cl2I2NO5/c1-32-20-10-12(8-18(28)21(20)33-23(30)13-2-4-14(25)5-3-13)9-19-24(31)34-22(29-19)16-11-15(27)6-7-17(16)26/h2-11H,1H3/b19-9-. The third-order valence-corrected chi connectivity index (χ3v) is 6.66. The van der Waals surface area contributed by atoms with Crippen LogP contribution in [0.1, 0.15) is 21.5 Å². The van der Waals surface area contributed by atoms with Gasteiger partial charge in [-0.3, -0.25) is 0 Å². The Morgan fingerprint density at radius 2 is 1.79 bits per heavy atom. The molecule has 4 rings (SSSR count). The zero-order valence-electron chi connectivity index (χ0n) is 17.3. The number of esters is 2. The van der Waals surface area contributed by atoms with E-state index in [2.05, 4.69) is 27.6 Å². The zero-order valence-corrected chi connectivity index (χ0v) is 23.1. The molecule has 0 bridgehead atoms. The first-order valence-electron chi connectivity index (χ1n) is 9.58. The van der Waals surface area contributed by atoms with Crippen molar-refractivity contribution in [2.45, 2.75) is 0 Å². The van der Waals surface area contributed by atoms with Gasteiger partial charge in [-0.05, 0) is 111 Å². The quantitative estimate of drug-likeness (QED) is 0.126. The van der Waals surface area contributed by atoms with E-state index in [4.69, 9.17) is 37.4 Å². The Hall–Kier alpha value is -2.15. The van der Waals surface area contributed by atoms with Gasteiger partial charge in [-0.1, -0.05) is 23.2 Å². The molecular formula is C24H13Cl2I2NO5. The zero-order chi connectivity index (χ0) is 24.4. The minimum Gasteiger partial charge on any atom is -0.493 e. The number of benzene rings is 3. The summed E-state index contributed by atoms with van der Waals surface area (Å²) in [6, 6.07) is 15.1. The van der Waals surface area contributed by atoms with E-state index >= 15 is 0 Å². The molecule has 0 fully saturated rings. The molecule has 10 heteroatoms. The number of nitrogens with zero attached hydrogens (tertiary/aromatic N) is 1. The maximum Gasteiger partial charge on any atom is 0.363 e. The van der Waals surface area contributed by atoms with Crippen molar-refractivity contribution >= 4 is 92.3 Å². The van der Waals surface area contributed by atoms with Crippen molar-refractivity contribution in [1.82, 2.24) is 0 Å². The van der Waals surface area contributed by atoms with E-state index in [1.807, 2.05) is 28.7 Å². The van der Waals surface area contributed by atoms with Crippen molar-refractivity contribution in [2.24, 2.45) is 4.99 Å². The molecule has 1 heterocycles. The van der Waals surface area contributed by atoms with Crippen molar-refractivity contribution in [2.75, 3.05) is 7.11 Å². The van der Waals surface area contributed by atoms with Gasteiger partial charge in [-0.15, -0.1) is 0 Å². The summed E-state index contributed by atoms with van der Waals surface area (Å²) >= 11 is 16.3. The van der Waals surface area contributed by atoms with Gasteiger partial charge in [0.1, 0.15) is 0 Å². The second-order valence-electron chi connectivity index (χ2n) is 6.89. The monoisotopic (exact) mass is 719 g/mol. The van der Waals surface area contributed by atoms with Crippen molar-refractivity contribution in [3.05, 3.63) is 94.2 Å². The number of carbonyl (C=O) groups excluding carboxylic acids is 2. The van der Waals surface area contributed by atoms with Crippen molar-refractivity contribution in [1.29, 1.82) is 0 Å². The molecule has 172 valence electrons. The van der Waals surface area contributed by atoms with E-state index in [0.717, 1.165) is 3.57 Å². The second-order valence-corrected chi connectivity index (χ2v) is 10.1. The van der Waals surface area contributed by atoms with Gasteiger partial charge in [0.15, 0.2) is 17.2 Å². The van der Waals surface area contributed by atoms with Gasteiger partial charge in [0, 0.05) is 8.59 Å². The normalized spacial score (nSPS) is 14.1. The number of rotatable bonds is 5. The summed E-state index contributed by atoms with van der Waals surface area (Å²) in [7, 11) is 1.46. The Morgan fingerprint density at radius 3 is 2.50 bits per heavy atom. The smallest absolute Gasteiger partial charge is 0.363 e. The highest BCUT2D eigenvalue weighted by atomic mass is 127. The summed E-state index contributed by atoms with van der Waals surface area (Å²) in [4.78, 5) is 29.3. The number of ether oxygens (including phenoxy) is 3. The van der Waals surface area contributed by atoms with Gasteiger partial charge in [0.2, 0.25) is 5.90 Å². The van der Waals surface area contributed by atoms with E-state index in [-0.39, 0.29) is 17.3 Å². The lowest BCUT2D eigenvalue weighted by Crippen LogP contribution is -2.10. The summed E-state index contributed by atoms with van der Waals surface area (Å²) in [5.41, 5.74) is 1.59. The summed E-state index contributed by atoms with van der Waals surface area (Å²) in [5, 5.41) is 0.943. The third kappa shape index (κ3) is 5.56. The number of carbonyl (C=O) groups is 2. The Morgan fingerprint density at radius 1 is 1.06 bits per heavy atom. The van der Waals surface area contributed by atoms with E-state index in [1.54, 1.807) is 54.6 Å². The summed E-state index contributed by atoms with van der Waals surface area (Å²) in [5.74, 6) is -0.444. The fraction of sp³-hybridized carbons (Fsp3) is 0.0417. The Balaban J connectivity index is 1.64. The van der Waals surface area contributed by atoms with Crippen LogP contribution in [-0.4, -0.2) is 24.9 Å². The van der Waals surface area contributed by atoms with Crippen LogP contribution in [0.15, 0.2) is 65.3 Å². The van der Waals surface area contributed by atoms with E-state index in [9.17, 15) is 9.59 Å². The second kappa shape index (κ2) is 10.6. The highest BCUT2D eigenvalue weighted by Gasteiger charge is 2.26. The van der Waals surface area contributed by atoms with Crippen LogP contribution < -0.4 is 9.47 Å². The Labute approximate surface area is 232 Å². The lowest BCUT2D eigenvalue weighted by Gasteiger charge is -2.12. The fourth-order valence-corrected chi connectivity index (χ4v) is 4.55. The van der Waals surface area contributed by atoms with Gasteiger partial charge >= 0.3 is 11.9 Å². The van der Waals surface area contributed by atoms with Gasteiger partial charge in [-0.2, -0.15) is 0 Å². The van der Waals surface area contributed by atoms with Gasteiger partial charge in [-0.25, -0.2) is 14.6 Å². The van der Waals surface area contributed by atoms with Crippen molar-refractivity contribution in [3.8, 4) is 11.5 Å². The molecule has 0 N–H and O–H groups in total. The molecule has 1 aliphatic rings. The number of aliphatic imine (C=N–C) groups is 1. The third-order valence-electron chi connectivity index (χ3n) is 4.61. The average molecular weight is 720 g/mol. The molecule has 0 aromatic heterocycles. The lowest BCUT2D eigenvalue weighted by molar-refractivity contribution is -0.129. The number of halogens is 4. The summed E-state index contributed by atoms with van der Waals surface area (Å²) in [6.07, 6.45) is 1.56. The molecule has 0 aliphatic carbocycles. The molecule has 3 aromatic carbocycles. The highest BCUT2D eigenvalue weighted by molar-refractivity contribution is 14.1. The first-order chi connectivity index (χ1) is 16.2. The molecule has 6 nitrogen and oxygen atoms in total. The average Bonchev–Trinajstić information content (AvgIpc) is 3.17. The van der Waals surface area contributed by atoms with Crippen molar-refractivity contribution in [3.63, 3.8) is 0 Å². The van der Waals surface area contributed by atoms with Crippen molar-refractivity contribution < 1.29 is 23.8 Å². The lowest BCUT2D eigenvalue weighted by atomic mass is 10.1. The molecule has 3 aromatic rings. The molecular weight excluding hydrogens is 707 g/mol. The van der Waals surface area contributed by atoms with Gasteiger partial charge < -0.3 is 14.2 Å². The molecule has 0 radical (unpaired) electrons. The summed E-state index contributed by atoms with van der Waals surface area (Å²) in [6.45, 7) is 0. The molecule has 1 aliphatic heterocycles. The molecule has 0 saturated carbocycles. The molecule has 0 amide bonds. The highest BCUT2D eigenvalue weighted by Crippen LogP contribution is 2.36. The number of hydrogen-bond acceptors (Lipinski definition) is 6. The minimum atomic E-state index is -0.600. The van der Waals surface area contributed by atoms with E-state index in [0.29, 0.717) is 36.1 Å². The van der Waals surface area contributed by atoms with E-state index < -0.39 is 11.9 Å². The number of cyclic esters (lactones) is 1. The van der Waals surface area contributed by atoms with Crippen LogP contribution in [0, 0.1) is 7.14 Å². The van der Waals surface area contributed by atoms with Crippen LogP contribution in [-0.2, 0) is 9.53 Å². The van der Waals surface area contributed by atoms with Gasteiger partial charge in [0.25, 0.3) is 0 Å². The largest absolute Gasteiger partial charge is 0.493 e. The Kier molecular flexibility index (Phi) is 7.80. The molecule has 0 saturated heterocycles. The van der Waals surface area contributed by atoms with Crippen LogP contribution >= 0.6 is 68.4 Å². The van der Waals surface area contributed by atoms with Crippen LogP contribution in [0.4, 0.5) is 0 Å². The maximum atomic E-state index is 12.5. The van der Waals surface area contributed by atoms with Gasteiger partial charge in [0.05, 0.1) is 26.8 Å². The fourth-order valence-electron chi connectivity index (χ4n) is 3.00. The van der Waals surface area contributed by atoms with Crippen LogP contribution in [0.2, 0.25) is 10.0 Å². The topological polar surface area (TPSA) is 74.2 Å². The number of hydrogen-bond donors (Lipinski definition) is 0. The van der Waals surface area contributed by atoms with E-state index in [1.165, 1.54) is 7.11 Å². The molecule has 0 spiro atoms. The predicted molar refractivity (Wildman–Crippen MR) is 147 cm³/mol. The minimum absolute atomic E-state index is 0.105. The first kappa shape index (κ1) is 25.0. The first-order valence-corrected chi connectivity index (χ1v) is 12.5. The number of methoxy groups -OCH3 is 1. The SMILES string of the molecule is COc1cc(/C=C2\N=C(c3cc(I)ccc3Cl)OC2=O)cc(I)c1OC(=O)c1ccc(Cl)cc1. The predicted octanol–water partition coefficient (Wildman–Crippen LogP) is 6.77. The molecule has 34 heavy (non-hydrogen) atoms. The van der Waals surface area contributed by atoms with Crippen LogP contribution in [0.25, 0.3) is 6.08 Å². The molecule has 0 unspecified atom stereocenters. The van der Waals surface area contributed by atoms with Crippen LogP contribution in [0.3, 0.4) is 0 Å². The summed E-state index contributed by atoms with van der Waals surface area (Å²) < 4.78 is 17.9. The maximum absolute atomic E-state index is 12.5. The molecule has 0 atom stereocenters. The Bertz CT molecular complexity index is 1370. The van der Waals surface area contributed by atoms with Crippen LogP contribution in [0.5, 0.6) is 11.5 Å².